The zero-order chi connectivity index (χ0) is 22.3. The van der Waals surface area contributed by atoms with E-state index in [0.29, 0.717) is 11.3 Å². The largest absolute Gasteiger partial charge is 0.311 e. The topological polar surface area (TPSA) is 52.8 Å². The summed E-state index contributed by atoms with van der Waals surface area (Å²) in [5, 5.41) is 0. The van der Waals surface area contributed by atoms with Gasteiger partial charge in [0.15, 0.2) is 11.9 Å². The third-order valence-electron chi connectivity index (χ3n) is 5.96. The molecule has 0 saturated carbocycles. The molecule has 0 radical (unpaired) electrons. The van der Waals surface area contributed by atoms with Gasteiger partial charge in [-0.2, -0.15) is 4.57 Å². The van der Waals surface area contributed by atoms with Gasteiger partial charge in [-0.25, -0.2) is 4.68 Å². The molecule has 3 aromatic heterocycles. The summed E-state index contributed by atoms with van der Waals surface area (Å²) in [6.07, 6.45) is 1.91. The molecule has 0 unspecified atom stereocenters. The van der Waals surface area contributed by atoms with E-state index in [2.05, 4.69) is 0 Å². The Morgan fingerprint density at radius 2 is 1.61 bits per heavy atom. The quantitative estimate of drug-likeness (QED) is 0.371. The van der Waals surface area contributed by atoms with Crippen molar-refractivity contribution in [3.8, 4) is 11.4 Å². The molecule has 4 aromatic rings. The van der Waals surface area contributed by atoms with Crippen molar-refractivity contribution in [3.63, 3.8) is 0 Å². The minimum Gasteiger partial charge on any atom is -0.311 e. The molecular formula is C25H27N4O2+. The summed E-state index contributed by atoms with van der Waals surface area (Å²) >= 11 is 0. The molecule has 1 aromatic carbocycles. The van der Waals surface area contributed by atoms with Crippen LogP contribution >= 0.6 is 0 Å². The van der Waals surface area contributed by atoms with Crippen LogP contribution in [0.5, 0.6) is 0 Å². The molecule has 6 nitrogen and oxygen atoms in total. The highest BCUT2D eigenvalue weighted by molar-refractivity contribution is 5.96. The van der Waals surface area contributed by atoms with Crippen LogP contribution in [0.2, 0.25) is 0 Å². The van der Waals surface area contributed by atoms with E-state index in [-0.39, 0.29) is 17.9 Å². The summed E-state index contributed by atoms with van der Waals surface area (Å²) in [6.45, 7) is 8.01. The monoisotopic (exact) mass is 415 g/mol. The number of nitrogens with zero attached hydrogens (tertiary/aromatic N) is 4. The van der Waals surface area contributed by atoms with Crippen LogP contribution in [0.15, 0.2) is 65.6 Å². The van der Waals surface area contributed by atoms with E-state index in [4.69, 9.17) is 0 Å². The van der Waals surface area contributed by atoms with Gasteiger partial charge in [0.25, 0.3) is 5.56 Å². The van der Waals surface area contributed by atoms with Gasteiger partial charge >= 0.3 is 0 Å². The molecule has 0 aliphatic carbocycles. The average molecular weight is 416 g/mol. The van der Waals surface area contributed by atoms with Gasteiger partial charge in [-0.3, -0.25) is 14.3 Å². The Hall–Kier alpha value is -3.67. The summed E-state index contributed by atoms with van der Waals surface area (Å²) in [4.78, 5) is 26.6. The first kappa shape index (κ1) is 20.6. The van der Waals surface area contributed by atoms with E-state index in [1.807, 2.05) is 109 Å². The second-order valence-corrected chi connectivity index (χ2v) is 7.92. The van der Waals surface area contributed by atoms with Crippen molar-refractivity contribution in [2.75, 3.05) is 0 Å². The molecule has 0 spiro atoms. The SMILES string of the molecule is Cc1cc(C(=O)C[n+]2ccccc2C)c(C)n1-c1c(C)n(C)n(-c2ccccc2)c1=O. The zero-order valence-corrected chi connectivity index (χ0v) is 18.6. The minimum absolute atomic E-state index is 0.0237. The fourth-order valence-corrected chi connectivity index (χ4v) is 4.18. The second-order valence-electron chi connectivity index (χ2n) is 7.92. The molecule has 0 N–H and O–H groups in total. The number of hydrogen-bond acceptors (Lipinski definition) is 2. The Morgan fingerprint density at radius 1 is 0.935 bits per heavy atom. The van der Waals surface area contributed by atoms with Gasteiger partial charge in [-0.1, -0.05) is 24.3 Å². The Labute approximate surface area is 181 Å². The maximum absolute atomic E-state index is 13.5. The number of aromatic nitrogens is 4. The first-order valence-corrected chi connectivity index (χ1v) is 10.3. The lowest BCUT2D eigenvalue weighted by Crippen LogP contribution is -2.40. The molecular weight excluding hydrogens is 388 g/mol. The van der Waals surface area contributed by atoms with Crippen LogP contribution in [-0.4, -0.2) is 19.7 Å². The van der Waals surface area contributed by atoms with Crippen molar-refractivity contribution < 1.29 is 9.36 Å². The lowest BCUT2D eigenvalue weighted by atomic mass is 10.1. The molecule has 0 fully saturated rings. The highest BCUT2D eigenvalue weighted by atomic mass is 16.1. The van der Waals surface area contributed by atoms with Gasteiger partial charge in [0.2, 0.25) is 12.3 Å². The fraction of sp³-hybridized carbons (Fsp3) is 0.240. The molecule has 4 rings (SSSR count). The number of ketones is 1. The molecule has 3 heterocycles. The molecule has 31 heavy (non-hydrogen) atoms. The van der Waals surface area contributed by atoms with Gasteiger partial charge in [0.05, 0.1) is 11.4 Å². The van der Waals surface area contributed by atoms with Gasteiger partial charge in [-0.15, -0.1) is 0 Å². The summed E-state index contributed by atoms with van der Waals surface area (Å²) in [7, 11) is 1.88. The Bertz CT molecular complexity index is 1340. The van der Waals surface area contributed by atoms with Crippen molar-refractivity contribution in [1.82, 2.24) is 13.9 Å². The summed E-state index contributed by atoms with van der Waals surface area (Å²) in [5.74, 6) is 0.0237. The Morgan fingerprint density at radius 3 is 2.29 bits per heavy atom. The average Bonchev–Trinajstić information content (AvgIpc) is 3.16. The third-order valence-corrected chi connectivity index (χ3v) is 5.96. The van der Waals surface area contributed by atoms with E-state index in [1.165, 1.54) is 0 Å². The third kappa shape index (κ3) is 3.44. The molecule has 0 saturated heterocycles. The van der Waals surface area contributed by atoms with E-state index < -0.39 is 0 Å². The van der Waals surface area contributed by atoms with Crippen LogP contribution in [0, 0.1) is 27.7 Å². The molecule has 6 heteroatoms. The first-order chi connectivity index (χ1) is 14.8. The molecule has 0 atom stereocenters. The van der Waals surface area contributed by atoms with Crippen LogP contribution in [-0.2, 0) is 13.6 Å². The van der Waals surface area contributed by atoms with Crippen molar-refractivity contribution in [3.05, 3.63) is 99.5 Å². The van der Waals surface area contributed by atoms with E-state index in [0.717, 1.165) is 28.5 Å². The smallest absolute Gasteiger partial charge is 0.295 e. The molecule has 0 aliphatic rings. The number of Topliss-reactive ketones (excluding diaryl/α,β-unsaturated/α-hetero) is 1. The van der Waals surface area contributed by atoms with Crippen LogP contribution in [0.1, 0.15) is 33.1 Å². The van der Waals surface area contributed by atoms with E-state index in [1.54, 1.807) is 4.68 Å². The molecule has 0 bridgehead atoms. The number of carbonyl (C=O) groups excluding carboxylic acids is 1. The van der Waals surface area contributed by atoms with Crippen LogP contribution in [0.4, 0.5) is 0 Å². The van der Waals surface area contributed by atoms with Crippen LogP contribution in [0.3, 0.4) is 0 Å². The van der Waals surface area contributed by atoms with Crippen molar-refractivity contribution >= 4 is 5.78 Å². The van der Waals surface area contributed by atoms with E-state index in [9.17, 15) is 9.59 Å². The maximum atomic E-state index is 13.5. The van der Waals surface area contributed by atoms with E-state index >= 15 is 0 Å². The molecule has 158 valence electrons. The maximum Gasteiger partial charge on any atom is 0.295 e. The van der Waals surface area contributed by atoms with Crippen molar-refractivity contribution in [2.45, 2.75) is 34.2 Å². The molecule has 0 amide bonds. The Kier molecular flexibility index (Phi) is 5.23. The lowest BCUT2D eigenvalue weighted by Gasteiger charge is -2.08. The predicted molar refractivity (Wildman–Crippen MR) is 120 cm³/mol. The van der Waals surface area contributed by atoms with Gasteiger partial charge in [0.1, 0.15) is 5.69 Å². The van der Waals surface area contributed by atoms with Crippen molar-refractivity contribution in [1.29, 1.82) is 0 Å². The summed E-state index contributed by atoms with van der Waals surface area (Å²) in [5.41, 5.74) is 5.41. The Balaban J connectivity index is 1.81. The van der Waals surface area contributed by atoms with Crippen LogP contribution < -0.4 is 10.1 Å². The first-order valence-electron chi connectivity index (χ1n) is 10.3. The number of rotatable bonds is 5. The van der Waals surface area contributed by atoms with Crippen LogP contribution in [0.25, 0.3) is 11.4 Å². The number of para-hydroxylation sites is 1. The normalized spacial score (nSPS) is 11.1. The zero-order valence-electron chi connectivity index (χ0n) is 18.6. The van der Waals surface area contributed by atoms with Gasteiger partial charge in [-0.05, 0) is 39.0 Å². The van der Waals surface area contributed by atoms with Gasteiger partial charge in [0, 0.05) is 43.1 Å². The number of pyridine rings is 1. The number of hydrogen-bond donors (Lipinski definition) is 0. The standard InChI is InChI=1S/C25H27N4O2/c1-17-11-9-10-14-27(17)16-23(30)22-15-18(2)28(19(22)3)24-20(4)26(5)29(25(24)31)21-12-7-6-8-13-21/h6-15H,16H2,1-5H3/q+1. The van der Waals surface area contributed by atoms with Gasteiger partial charge < -0.3 is 4.57 Å². The summed E-state index contributed by atoms with van der Waals surface area (Å²) < 4.78 is 7.36. The molecule has 0 aliphatic heterocycles. The van der Waals surface area contributed by atoms with Crippen molar-refractivity contribution in [2.24, 2.45) is 7.05 Å². The lowest BCUT2D eigenvalue weighted by molar-refractivity contribution is -0.689. The highest BCUT2D eigenvalue weighted by Crippen LogP contribution is 2.23. The number of carbonyl (C=O) groups is 1. The number of benzene rings is 1. The minimum atomic E-state index is -0.111. The second kappa shape index (κ2) is 7.87. The fourth-order valence-electron chi connectivity index (χ4n) is 4.18. The number of aryl methyl sites for hydroxylation is 2. The predicted octanol–water partition coefficient (Wildman–Crippen LogP) is 3.37. The highest BCUT2D eigenvalue weighted by Gasteiger charge is 2.25. The summed E-state index contributed by atoms with van der Waals surface area (Å²) in [6, 6.07) is 17.3.